The number of nitrogens with zero attached hydrogens (tertiary/aromatic N) is 3. The molecule has 0 radical (unpaired) electrons. The smallest absolute Gasteiger partial charge is 0.186 e. The second kappa shape index (κ2) is 5.22. The molecule has 5 heteroatoms. The number of carbonyl (C=O) groups is 1. The highest BCUT2D eigenvalue weighted by molar-refractivity contribution is 5.95. The van der Waals surface area contributed by atoms with Crippen molar-refractivity contribution in [3.8, 4) is 5.75 Å². The predicted octanol–water partition coefficient (Wildman–Crippen LogP) is 1.87. The van der Waals surface area contributed by atoms with E-state index in [2.05, 4.69) is 9.97 Å². The number of carbonyl (C=O) groups excluding carboxylic acids is 1. The van der Waals surface area contributed by atoms with Crippen molar-refractivity contribution >= 4 is 5.78 Å². The molecule has 0 fully saturated rings. The van der Waals surface area contributed by atoms with Gasteiger partial charge in [-0.1, -0.05) is 0 Å². The van der Waals surface area contributed by atoms with E-state index in [1.165, 1.54) is 0 Å². The first-order chi connectivity index (χ1) is 9.04. The van der Waals surface area contributed by atoms with Crippen molar-refractivity contribution in [2.24, 2.45) is 7.05 Å². The van der Waals surface area contributed by atoms with E-state index in [-0.39, 0.29) is 12.2 Å². The molecule has 5 nitrogen and oxygen atoms in total. The second-order valence-corrected chi connectivity index (χ2v) is 4.54. The Bertz CT molecular complexity index is 617. The van der Waals surface area contributed by atoms with E-state index < -0.39 is 0 Å². The number of aryl methyl sites for hydroxylation is 2. The van der Waals surface area contributed by atoms with Crippen LogP contribution in [0.3, 0.4) is 0 Å². The SMILES string of the molecule is COc1c(C)cnc(CC(=O)c2cncn2C)c1C. The molecule has 0 aromatic carbocycles. The van der Waals surface area contributed by atoms with Crippen LogP contribution in [0.2, 0.25) is 0 Å². The number of hydrogen-bond acceptors (Lipinski definition) is 4. The third kappa shape index (κ3) is 2.50. The monoisotopic (exact) mass is 259 g/mol. The molecule has 0 atom stereocenters. The Morgan fingerprint density at radius 2 is 2.11 bits per heavy atom. The van der Waals surface area contributed by atoms with Crippen molar-refractivity contribution in [3.05, 3.63) is 41.2 Å². The van der Waals surface area contributed by atoms with E-state index in [9.17, 15) is 4.79 Å². The molecule has 2 aromatic rings. The van der Waals surface area contributed by atoms with E-state index >= 15 is 0 Å². The standard InChI is InChI=1S/C14H17N3O2/c1-9-6-16-11(10(2)14(9)19-4)5-13(18)12-7-15-8-17(12)3/h6-8H,5H2,1-4H3. The molecule has 19 heavy (non-hydrogen) atoms. The minimum Gasteiger partial charge on any atom is -0.496 e. The van der Waals surface area contributed by atoms with Gasteiger partial charge in [-0.15, -0.1) is 0 Å². The minimum atomic E-state index is 0.00139. The fourth-order valence-corrected chi connectivity index (χ4v) is 2.12. The molecule has 0 amide bonds. The number of Topliss-reactive ketones (excluding diaryl/α,β-unsaturated/α-hetero) is 1. The average molecular weight is 259 g/mol. The van der Waals surface area contributed by atoms with Crippen LogP contribution in [0.1, 0.15) is 27.3 Å². The largest absolute Gasteiger partial charge is 0.496 e. The van der Waals surface area contributed by atoms with Gasteiger partial charge < -0.3 is 9.30 Å². The third-order valence-corrected chi connectivity index (χ3v) is 3.18. The van der Waals surface area contributed by atoms with Gasteiger partial charge in [0.15, 0.2) is 5.78 Å². The summed E-state index contributed by atoms with van der Waals surface area (Å²) in [5, 5.41) is 0. The Balaban J connectivity index is 2.30. The summed E-state index contributed by atoms with van der Waals surface area (Å²) in [7, 11) is 3.43. The quantitative estimate of drug-likeness (QED) is 0.786. The zero-order valence-corrected chi connectivity index (χ0v) is 11.6. The van der Waals surface area contributed by atoms with Gasteiger partial charge in [0.1, 0.15) is 11.4 Å². The predicted molar refractivity (Wildman–Crippen MR) is 71.5 cm³/mol. The number of ether oxygens (including phenoxy) is 1. The highest BCUT2D eigenvalue weighted by atomic mass is 16.5. The summed E-state index contributed by atoms with van der Waals surface area (Å²) in [6.07, 6.45) is 5.17. The molecule has 0 aliphatic carbocycles. The highest BCUT2D eigenvalue weighted by Crippen LogP contribution is 2.24. The molecule has 0 saturated carbocycles. The van der Waals surface area contributed by atoms with Crippen molar-refractivity contribution in [1.82, 2.24) is 14.5 Å². The zero-order valence-electron chi connectivity index (χ0n) is 11.6. The first-order valence-electron chi connectivity index (χ1n) is 6.03. The lowest BCUT2D eigenvalue weighted by molar-refractivity contribution is 0.0984. The third-order valence-electron chi connectivity index (χ3n) is 3.18. The topological polar surface area (TPSA) is 57.0 Å². The van der Waals surface area contributed by atoms with Crippen LogP contribution < -0.4 is 4.74 Å². The number of hydrogen-bond donors (Lipinski definition) is 0. The summed E-state index contributed by atoms with van der Waals surface area (Å²) in [4.78, 5) is 20.5. The fourth-order valence-electron chi connectivity index (χ4n) is 2.12. The summed E-state index contributed by atoms with van der Waals surface area (Å²) in [5.41, 5.74) is 3.21. The van der Waals surface area contributed by atoms with Crippen LogP contribution in [-0.4, -0.2) is 27.4 Å². The molecule has 0 spiro atoms. The van der Waals surface area contributed by atoms with Crippen LogP contribution in [-0.2, 0) is 13.5 Å². The van der Waals surface area contributed by atoms with Gasteiger partial charge in [-0.2, -0.15) is 0 Å². The molecule has 0 aliphatic rings. The van der Waals surface area contributed by atoms with Crippen molar-refractivity contribution in [2.45, 2.75) is 20.3 Å². The maximum absolute atomic E-state index is 12.2. The number of rotatable bonds is 4. The summed E-state index contributed by atoms with van der Waals surface area (Å²) < 4.78 is 7.05. The summed E-state index contributed by atoms with van der Waals surface area (Å²) in [6, 6.07) is 0. The van der Waals surface area contributed by atoms with Gasteiger partial charge in [0.05, 0.1) is 31.7 Å². The molecular weight excluding hydrogens is 242 g/mol. The Labute approximate surface area is 112 Å². The lowest BCUT2D eigenvalue weighted by Crippen LogP contribution is -2.11. The summed E-state index contributed by atoms with van der Waals surface area (Å²) in [6.45, 7) is 3.86. The van der Waals surface area contributed by atoms with E-state index in [1.807, 2.05) is 13.8 Å². The van der Waals surface area contributed by atoms with Gasteiger partial charge in [0.25, 0.3) is 0 Å². The van der Waals surface area contributed by atoms with Crippen molar-refractivity contribution in [1.29, 1.82) is 0 Å². The maximum atomic E-state index is 12.2. The molecule has 100 valence electrons. The molecule has 0 unspecified atom stereocenters. The first-order valence-corrected chi connectivity index (χ1v) is 6.03. The van der Waals surface area contributed by atoms with E-state index in [0.29, 0.717) is 5.69 Å². The van der Waals surface area contributed by atoms with Crippen LogP contribution in [0.25, 0.3) is 0 Å². The number of methoxy groups -OCH3 is 1. The molecule has 0 saturated heterocycles. The Morgan fingerprint density at radius 1 is 1.37 bits per heavy atom. The number of ketones is 1. The van der Waals surface area contributed by atoms with Crippen LogP contribution in [0.4, 0.5) is 0 Å². The average Bonchev–Trinajstić information content (AvgIpc) is 2.80. The molecular formula is C14H17N3O2. The van der Waals surface area contributed by atoms with Crippen LogP contribution in [0, 0.1) is 13.8 Å². The zero-order chi connectivity index (χ0) is 14.0. The number of pyridine rings is 1. The molecule has 0 N–H and O–H groups in total. The number of aromatic nitrogens is 3. The summed E-state index contributed by atoms with van der Waals surface area (Å²) in [5.74, 6) is 0.796. The maximum Gasteiger partial charge on any atom is 0.186 e. The van der Waals surface area contributed by atoms with E-state index in [1.54, 1.807) is 37.4 Å². The minimum absolute atomic E-state index is 0.00139. The number of imidazole rings is 1. The van der Waals surface area contributed by atoms with E-state index in [4.69, 9.17) is 4.74 Å². The molecule has 0 bridgehead atoms. The fraction of sp³-hybridized carbons (Fsp3) is 0.357. The highest BCUT2D eigenvalue weighted by Gasteiger charge is 2.16. The van der Waals surface area contributed by atoms with E-state index in [0.717, 1.165) is 22.6 Å². The van der Waals surface area contributed by atoms with Gasteiger partial charge >= 0.3 is 0 Å². The lowest BCUT2D eigenvalue weighted by atomic mass is 10.1. The Kier molecular flexibility index (Phi) is 3.64. The van der Waals surface area contributed by atoms with Gasteiger partial charge in [0, 0.05) is 24.4 Å². The Morgan fingerprint density at radius 3 is 2.68 bits per heavy atom. The van der Waals surface area contributed by atoms with Crippen molar-refractivity contribution < 1.29 is 9.53 Å². The first kappa shape index (κ1) is 13.3. The Hall–Kier alpha value is -2.17. The molecule has 2 heterocycles. The molecule has 2 rings (SSSR count). The van der Waals surface area contributed by atoms with Crippen molar-refractivity contribution in [3.63, 3.8) is 0 Å². The van der Waals surface area contributed by atoms with Crippen LogP contribution in [0.15, 0.2) is 18.7 Å². The lowest BCUT2D eigenvalue weighted by Gasteiger charge is -2.11. The molecule has 2 aromatic heterocycles. The van der Waals surface area contributed by atoms with Crippen LogP contribution in [0.5, 0.6) is 5.75 Å². The second-order valence-electron chi connectivity index (χ2n) is 4.54. The van der Waals surface area contributed by atoms with Gasteiger partial charge in [-0.3, -0.25) is 9.78 Å². The summed E-state index contributed by atoms with van der Waals surface area (Å²) >= 11 is 0. The van der Waals surface area contributed by atoms with Crippen molar-refractivity contribution in [2.75, 3.05) is 7.11 Å². The normalized spacial score (nSPS) is 10.5. The molecule has 0 aliphatic heterocycles. The van der Waals surface area contributed by atoms with Gasteiger partial charge in [-0.05, 0) is 13.8 Å². The van der Waals surface area contributed by atoms with Gasteiger partial charge in [0.2, 0.25) is 0 Å². The van der Waals surface area contributed by atoms with Gasteiger partial charge in [-0.25, -0.2) is 4.98 Å². The van der Waals surface area contributed by atoms with Crippen LogP contribution >= 0.6 is 0 Å².